The van der Waals surface area contributed by atoms with Crippen LogP contribution in [-0.4, -0.2) is 33.3 Å². The Morgan fingerprint density at radius 3 is 2.56 bits per heavy atom. The molecule has 0 amide bonds. The van der Waals surface area contributed by atoms with Gasteiger partial charge in [-0.05, 0) is 44.2 Å². The third-order valence-electron chi connectivity index (χ3n) is 4.50. The minimum absolute atomic E-state index is 0.136. The van der Waals surface area contributed by atoms with Crippen molar-refractivity contribution in [2.45, 2.75) is 50.7 Å². The number of hydrogen-bond acceptors (Lipinski definition) is 3. The van der Waals surface area contributed by atoms with Gasteiger partial charge in [0.2, 0.25) is 10.0 Å². The van der Waals surface area contributed by atoms with Gasteiger partial charge < -0.3 is 5.32 Å². The van der Waals surface area contributed by atoms with Crippen molar-refractivity contribution in [1.29, 1.82) is 0 Å². The van der Waals surface area contributed by atoms with Crippen molar-refractivity contribution in [3.05, 3.63) is 0 Å². The summed E-state index contributed by atoms with van der Waals surface area (Å²) < 4.78 is 27.3. The number of hydrogen-bond donors (Lipinski definition) is 2. The lowest BCUT2D eigenvalue weighted by Gasteiger charge is -2.30. The van der Waals surface area contributed by atoms with Gasteiger partial charge in [0.05, 0.1) is 5.25 Å². The van der Waals surface area contributed by atoms with Crippen molar-refractivity contribution in [3.8, 4) is 0 Å². The Bertz CT molecular complexity index is 350. The van der Waals surface area contributed by atoms with Gasteiger partial charge in [-0.3, -0.25) is 0 Å². The standard InChI is InChI=1S/C13H26N2O2S/c1-11-9-14-8-7-12(11)10-15-18(16,17)13-5-3-2-4-6-13/h11-15H,2-10H2,1H3. The number of sulfonamides is 1. The first-order chi connectivity index (χ1) is 8.59. The second kappa shape index (κ2) is 6.35. The molecule has 1 heterocycles. The van der Waals surface area contributed by atoms with Crippen molar-refractivity contribution in [1.82, 2.24) is 10.0 Å². The highest BCUT2D eigenvalue weighted by Crippen LogP contribution is 2.24. The van der Waals surface area contributed by atoms with Crippen molar-refractivity contribution >= 4 is 10.0 Å². The molecule has 0 aromatic heterocycles. The van der Waals surface area contributed by atoms with E-state index in [2.05, 4.69) is 17.0 Å². The molecule has 2 unspecified atom stereocenters. The molecule has 1 saturated heterocycles. The van der Waals surface area contributed by atoms with E-state index in [-0.39, 0.29) is 5.25 Å². The molecule has 18 heavy (non-hydrogen) atoms. The molecular formula is C13H26N2O2S. The molecule has 2 fully saturated rings. The van der Waals surface area contributed by atoms with Crippen LogP contribution >= 0.6 is 0 Å². The average Bonchev–Trinajstić information content (AvgIpc) is 2.39. The van der Waals surface area contributed by atoms with Crippen LogP contribution in [0.1, 0.15) is 45.4 Å². The maximum absolute atomic E-state index is 12.2. The fourth-order valence-corrected chi connectivity index (χ4v) is 4.72. The molecule has 5 heteroatoms. The Morgan fingerprint density at radius 2 is 1.89 bits per heavy atom. The van der Waals surface area contributed by atoms with Gasteiger partial charge in [-0.1, -0.05) is 26.2 Å². The van der Waals surface area contributed by atoms with E-state index in [1.165, 1.54) is 6.42 Å². The van der Waals surface area contributed by atoms with Crippen LogP contribution < -0.4 is 10.0 Å². The molecule has 2 aliphatic rings. The largest absolute Gasteiger partial charge is 0.316 e. The summed E-state index contributed by atoms with van der Waals surface area (Å²) in [5.74, 6) is 1.05. The molecule has 106 valence electrons. The molecule has 1 saturated carbocycles. The lowest BCUT2D eigenvalue weighted by atomic mass is 9.88. The van der Waals surface area contributed by atoms with Gasteiger partial charge in [0.1, 0.15) is 0 Å². The molecular weight excluding hydrogens is 248 g/mol. The zero-order chi connectivity index (χ0) is 13.0. The molecule has 2 N–H and O–H groups in total. The van der Waals surface area contributed by atoms with Crippen LogP contribution in [0, 0.1) is 11.8 Å². The topological polar surface area (TPSA) is 58.2 Å². The summed E-state index contributed by atoms with van der Waals surface area (Å²) in [7, 11) is -3.08. The Kier molecular flexibility index (Phi) is 5.04. The van der Waals surface area contributed by atoms with Crippen molar-refractivity contribution in [2.75, 3.05) is 19.6 Å². The first-order valence-corrected chi connectivity index (χ1v) is 8.83. The van der Waals surface area contributed by atoms with Crippen LogP contribution in [0.2, 0.25) is 0 Å². The van der Waals surface area contributed by atoms with Gasteiger partial charge >= 0.3 is 0 Å². The predicted molar refractivity (Wildman–Crippen MR) is 73.9 cm³/mol. The van der Waals surface area contributed by atoms with E-state index in [1.807, 2.05) is 0 Å². The predicted octanol–water partition coefficient (Wildman–Crippen LogP) is 1.48. The molecule has 4 nitrogen and oxygen atoms in total. The Labute approximate surface area is 111 Å². The van der Waals surface area contributed by atoms with Gasteiger partial charge in [0.25, 0.3) is 0 Å². The molecule has 0 radical (unpaired) electrons. The Hall–Kier alpha value is -0.130. The second-order valence-corrected chi connectivity index (χ2v) is 7.93. The minimum Gasteiger partial charge on any atom is -0.316 e. The van der Waals surface area contributed by atoms with Crippen molar-refractivity contribution < 1.29 is 8.42 Å². The van der Waals surface area contributed by atoms with E-state index < -0.39 is 10.0 Å². The molecule has 0 aromatic rings. The third-order valence-corrected chi connectivity index (χ3v) is 6.42. The quantitative estimate of drug-likeness (QED) is 0.816. The molecule has 0 bridgehead atoms. The summed E-state index contributed by atoms with van der Waals surface area (Å²) in [6.07, 6.45) is 6.09. The molecule has 2 rings (SSSR count). The number of rotatable bonds is 4. The lowest BCUT2D eigenvalue weighted by molar-refractivity contribution is 0.274. The fraction of sp³-hybridized carbons (Fsp3) is 1.00. The molecule has 1 aliphatic carbocycles. The summed E-state index contributed by atoms with van der Waals surface area (Å²) in [5.41, 5.74) is 0. The van der Waals surface area contributed by atoms with Crippen molar-refractivity contribution in [3.63, 3.8) is 0 Å². The van der Waals surface area contributed by atoms with Gasteiger partial charge in [-0.2, -0.15) is 0 Å². The maximum atomic E-state index is 12.2. The van der Waals surface area contributed by atoms with E-state index in [0.717, 1.165) is 45.2 Å². The van der Waals surface area contributed by atoms with Gasteiger partial charge in [0.15, 0.2) is 0 Å². The van der Waals surface area contributed by atoms with Gasteiger partial charge in [0, 0.05) is 6.54 Å². The fourth-order valence-electron chi connectivity index (χ4n) is 3.09. The van der Waals surface area contributed by atoms with Crippen LogP contribution in [0.15, 0.2) is 0 Å². The highest BCUT2D eigenvalue weighted by Gasteiger charge is 2.29. The van der Waals surface area contributed by atoms with Crippen LogP contribution in [0.5, 0.6) is 0 Å². The van der Waals surface area contributed by atoms with E-state index in [0.29, 0.717) is 18.4 Å². The molecule has 0 aromatic carbocycles. The van der Waals surface area contributed by atoms with Crippen LogP contribution in [-0.2, 0) is 10.0 Å². The Balaban J connectivity index is 1.84. The number of nitrogens with one attached hydrogen (secondary N) is 2. The zero-order valence-corrected chi connectivity index (χ0v) is 12.1. The normalized spacial score (nSPS) is 31.4. The highest BCUT2D eigenvalue weighted by atomic mass is 32.2. The molecule has 0 spiro atoms. The van der Waals surface area contributed by atoms with E-state index in [9.17, 15) is 8.42 Å². The summed E-state index contributed by atoms with van der Waals surface area (Å²) in [6.45, 7) is 4.85. The summed E-state index contributed by atoms with van der Waals surface area (Å²) >= 11 is 0. The van der Waals surface area contributed by atoms with Crippen molar-refractivity contribution in [2.24, 2.45) is 11.8 Å². The van der Waals surface area contributed by atoms with E-state index >= 15 is 0 Å². The molecule has 2 atom stereocenters. The van der Waals surface area contributed by atoms with Gasteiger partial charge in [-0.15, -0.1) is 0 Å². The number of piperidine rings is 1. The maximum Gasteiger partial charge on any atom is 0.214 e. The zero-order valence-electron chi connectivity index (χ0n) is 11.3. The van der Waals surface area contributed by atoms with Gasteiger partial charge in [-0.25, -0.2) is 13.1 Å². The van der Waals surface area contributed by atoms with Crippen LogP contribution in [0.25, 0.3) is 0 Å². The van der Waals surface area contributed by atoms with Crippen LogP contribution in [0.3, 0.4) is 0 Å². The minimum atomic E-state index is -3.08. The summed E-state index contributed by atoms with van der Waals surface area (Å²) in [6, 6.07) is 0. The second-order valence-electron chi connectivity index (χ2n) is 5.88. The highest BCUT2D eigenvalue weighted by molar-refractivity contribution is 7.90. The summed E-state index contributed by atoms with van der Waals surface area (Å²) in [5, 5.41) is 3.21. The monoisotopic (exact) mass is 274 g/mol. The SMILES string of the molecule is CC1CNCCC1CNS(=O)(=O)C1CCCCC1. The lowest BCUT2D eigenvalue weighted by Crippen LogP contribution is -2.43. The summed E-state index contributed by atoms with van der Waals surface area (Å²) in [4.78, 5) is 0. The Morgan fingerprint density at radius 1 is 1.17 bits per heavy atom. The first-order valence-electron chi connectivity index (χ1n) is 7.29. The molecule has 1 aliphatic heterocycles. The van der Waals surface area contributed by atoms with Crippen LogP contribution in [0.4, 0.5) is 0 Å². The average molecular weight is 274 g/mol. The smallest absolute Gasteiger partial charge is 0.214 e. The first kappa shape index (κ1) is 14.3. The van der Waals surface area contributed by atoms with E-state index in [4.69, 9.17) is 0 Å². The third kappa shape index (κ3) is 3.68. The van der Waals surface area contributed by atoms with E-state index in [1.54, 1.807) is 0 Å².